The van der Waals surface area contributed by atoms with Crippen molar-refractivity contribution in [2.24, 2.45) is 0 Å². The van der Waals surface area contributed by atoms with Crippen LogP contribution in [0.1, 0.15) is 39.8 Å². The van der Waals surface area contributed by atoms with Crippen LogP contribution in [0, 0.1) is 0 Å². The van der Waals surface area contributed by atoms with Crippen LogP contribution in [0.5, 0.6) is 5.75 Å². The molecule has 0 aliphatic carbocycles. The average Bonchev–Trinajstić information content (AvgIpc) is 2.75. The van der Waals surface area contributed by atoms with E-state index in [1.807, 2.05) is 0 Å². The predicted molar refractivity (Wildman–Crippen MR) is 105 cm³/mol. The maximum Gasteiger partial charge on any atom is 0.335 e. The Morgan fingerprint density at radius 3 is 2.47 bits per heavy atom. The molecule has 0 bridgehead atoms. The number of methoxy groups -OCH3 is 1. The molecule has 1 saturated heterocycles. The number of aromatic hydroxyl groups is 1. The van der Waals surface area contributed by atoms with E-state index in [-0.39, 0.29) is 17.7 Å². The Morgan fingerprint density at radius 1 is 1.20 bits per heavy atom. The largest absolute Gasteiger partial charge is 0.502 e. The lowest BCUT2D eigenvalue weighted by atomic mass is 9.91. The summed E-state index contributed by atoms with van der Waals surface area (Å²) < 4.78 is 15.9. The fourth-order valence-corrected chi connectivity index (χ4v) is 3.32. The molecule has 1 aliphatic rings. The highest BCUT2D eigenvalue weighted by Gasteiger charge is 2.27. The molecule has 2 heterocycles. The van der Waals surface area contributed by atoms with Gasteiger partial charge in [0, 0.05) is 19.2 Å². The van der Waals surface area contributed by atoms with Gasteiger partial charge >= 0.3 is 11.9 Å². The Kier molecular flexibility index (Phi) is 6.86. The molecule has 1 aromatic heterocycles. The molecule has 160 valence electrons. The SMILES string of the molecule is COC(=O)C[C@@H](c1ccc(C(=O)O)cc1)c1oc(CN2CCOCC2)cc(=O)c1O. The Labute approximate surface area is 172 Å². The number of carbonyl (C=O) groups is 2. The minimum absolute atomic E-state index is 0.0563. The topological polar surface area (TPSA) is 127 Å². The van der Waals surface area contributed by atoms with Crippen molar-refractivity contribution in [2.75, 3.05) is 33.4 Å². The van der Waals surface area contributed by atoms with E-state index in [0.29, 0.717) is 44.2 Å². The van der Waals surface area contributed by atoms with Crippen molar-refractivity contribution in [3.05, 3.63) is 63.2 Å². The van der Waals surface area contributed by atoms with Crippen molar-refractivity contribution in [1.29, 1.82) is 0 Å². The van der Waals surface area contributed by atoms with Gasteiger partial charge in [-0.05, 0) is 17.7 Å². The molecule has 2 N–H and O–H groups in total. The van der Waals surface area contributed by atoms with Crippen molar-refractivity contribution in [1.82, 2.24) is 4.90 Å². The van der Waals surface area contributed by atoms with Crippen molar-refractivity contribution in [3.8, 4) is 5.75 Å². The molecule has 1 aliphatic heterocycles. The summed E-state index contributed by atoms with van der Waals surface area (Å²) in [5, 5.41) is 19.5. The molecule has 0 radical (unpaired) electrons. The van der Waals surface area contributed by atoms with E-state index in [2.05, 4.69) is 4.90 Å². The van der Waals surface area contributed by atoms with Crippen molar-refractivity contribution < 1.29 is 33.7 Å². The lowest BCUT2D eigenvalue weighted by Gasteiger charge is -2.26. The van der Waals surface area contributed by atoms with Crippen LogP contribution in [0.15, 0.2) is 39.5 Å². The van der Waals surface area contributed by atoms with Gasteiger partial charge in [0.2, 0.25) is 11.2 Å². The van der Waals surface area contributed by atoms with Gasteiger partial charge in [0.25, 0.3) is 0 Å². The smallest absolute Gasteiger partial charge is 0.335 e. The summed E-state index contributed by atoms with van der Waals surface area (Å²) >= 11 is 0. The van der Waals surface area contributed by atoms with Gasteiger partial charge in [-0.1, -0.05) is 12.1 Å². The molecular weight excluding hydrogens is 394 g/mol. The second kappa shape index (κ2) is 9.55. The minimum Gasteiger partial charge on any atom is -0.502 e. The van der Waals surface area contributed by atoms with Crippen LogP contribution in [0.4, 0.5) is 0 Å². The number of rotatable bonds is 7. The standard InChI is InChI=1S/C21H23NO8/c1-28-18(24)11-16(13-2-4-14(5-3-13)21(26)27)20-19(25)17(23)10-15(30-20)12-22-6-8-29-9-7-22/h2-5,10,16,25H,6-9,11-12H2,1H3,(H,26,27)/t16-/m0/s1. The third-order valence-corrected chi connectivity index (χ3v) is 4.96. The summed E-state index contributed by atoms with van der Waals surface area (Å²) in [5.41, 5.74) is -0.0359. The first-order valence-electron chi connectivity index (χ1n) is 9.45. The quantitative estimate of drug-likeness (QED) is 0.645. The first-order chi connectivity index (χ1) is 14.4. The van der Waals surface area contributed by atoms with Crippen LogP contribution in [0.3, 0.4) is 0 Å². The molecule has 9 nitrogen and oxygen atoms in total. The highest BCUT2D eigenvalue weighted by atomic mass is 16.5. The Morgan fingerprint density at radius 2 is 1.87 bits per heavy atom. The van der Waals surface area contributed by atoms with Crippen LogP contribution >= 0.6 is 0 Å². The van der Waals surface area contributed by atoms with Gasteiger partial charge in [-0.25, -0.2) is 4.79 Å². The van der Waals surface area contributed by atoms with Gasteiger partial charge in [-0.2, -0.15) is 0 Å². The lowest BCUT2D eigenvalue weighted by Crippen LogP contribution is -2.35. The van der Waals surface area contributed by atoms with E-state index in [1.165, 1.54) is 37.4 Å². The average molecular weight is 417 g/mol. The molecule has 2 aromatic rings. The van der Waals surface area contributed by atoms with Crippen molar-refractivity contribution >= 4 is 11.9 Å². The monoisotopic (exact) mass is 417 g/mol. The fourth-order valence-electron chi connectivity index (χ4n) is 3.32. The number of nitrogens with zero attached hydrogens (tertiary/aromatic N) is 1. The fraction of sp³-hybridized carbons (Fsp3) is 0.381. The summed E-state index contributed by atoms with van der Waals surface area (Å²) in [6.07, 6.45) is -0.194. The molecule has 0 unspecified atom stereocenters. The number of morpholine rings is 1. The summed E-state index contributed by atoms with van der Waals surface area (Å²) in [7, 11) is 1.23. The first kappa shape index (κ1) is 21.5. The summed E-state index contributed by atoms with van der Waals surface area (Å²) in [6, 6.07) is 7.04. The Balaban J connectivity index is 1.99. The van der Waals surface area contributed by atoms with E-state index < -0.39 is 29.0 Å². The lowest BCUT2D eigenvalue weighted by molar-refractivity contribution is -0.140. The Bertz CT molecular complexity index is 960. The molecule has 9 heteroatoms. The molecule has 1 fully saturated rings. The maximum atomic E-state index is 12.4. The Hall–Kier alpha value is -3.17. The second-order valence-corrected chi connectivity index (χ2v) is 6.94. The molecule has 0 amide bonds. The first-order valence-corrected chi connectivity index (χ1v) is 9.45. The van der Waals surface area contributed by atoms with Gasteiger partial charge in [0.05, 0.1) is 44.8 Å². The molecule has 1 atom stereocenters. The van der Waals surface area contributed by atoms with E-state index in [9.17, 15) is 19.5 Å². The highest BCUT2D eigenvalue weighted by Crippen LogP contribution is 2.33. The number of aromatic carboxylic acids is 1. The summed E-state index contributed by atoms with van der Waals surface area (Å²) in [5.74, 6) is -2.77. The number of carboxylic acids is 1. The molecule has 3 rings (SSSR count). The number of hydrogen-bond acceptors (Lipinski definition) is 8. The zero-order valence-corrected chi connectivity index (χ0v) is 16.5. The number of benzene rings is 1. The number of ether oxygens (including phenoxy) is 2. The number of hydrogen-bond donors (Lipinski definition) is 2. The van der Waals surface area contributed by atoms with Crippen LogP contribution in [0.25, 0.3) is 0 Å². The zero-order valence-electron chi connectivity index (χ0n) is 16.5. The molecule has 0 spiro atoms. The predicted octanol–water partition coefficient (Wildman–Crippen LogP) is 1.57. The molecular formula is C21H23NO8. The van der Waals surface area contributed by atoms with E-state index in [1.54, 1.807) is 0 Å². The minimum atomic E-state index is -1.09. The number of esters is 1. The normalized spacial score (nSPS) is 15.5. The van der Waals surface area contributed by atoms with E-state index in [0.717, 1.165) is 0 Å². The van der Waals surface area contributed by atoms with Crippen LogP contribution in [-0.4, -0.2) is 60.5 Å². The third kappa shape index (κ3) is 5.05. The number of carbonyl (C=O) groups excluding carboxylic acids is 1. The van der Waals surface area contributed by atoms with Crippen LogP contribution in [0.2, 0.25) is 0 Å². The van der Waals surface area contributed by atoms with E-state index in [4.69, 9.17) is 19.0 Å². The molecule has 0 saturated carbocycles. The number of carboxylic acid groups (broad SMARTS) is 1. The molecule has 30 heavy (non-hydrogen) atoms. The zero-order chi connectivity index (χ0) is 21.7. The second-order valence-electron chi connectivity index (χ2n) is 6.94. The van der Waals surface area contributed by atoms with Crippen LogP contribution < -0.4 is 5.43 Å². The van der Waals surface area contributed by atoms with Crippen molar-refractivity contribution in [3.63, 3.8) is 0 Å². The summed E-state index contributed by atoms with van der Waals surface area (Å²) in [4.78, 5) is 37.6. The molecule has 1 aromatic carbocycles. The van der Waals surface area contributed by atoms with Gasteiger partial charge in [0.15, 0.2) is 5.76 Å². The highest BCUT2D eigenvalue weighted by molar-refractivity contribution is 5.87. The third-order valence-electron chi connectivity index (χ3n) is 4.96. The van der Waals surface area contributed by atoms with Gasteiger partial charge in [0.1, 0.15) is 5.76 Å². The van der Waals surface area contributed by atoms with E-state index >= 15 is 0 Å². The van der Waals surface area contributed by atoms with Gasteiger partial charge in [-0.15, -0.1) is 0 Å². The van der Waals surface area contributed by atoms with Crippen molar-refractivity contribution in [2.45, 2.75) is 18.9 Å². The maximum absolute atomic E-state index is 12.4. The summed E-state index contributed by atoms with van der Waals surface area (Å²) in [6.45, 7) is 2.88. The van der Waals surface area contributed by atoms with Gasteiger partial charge in [-0.3, -0.25) is 14.5 Å². The van der Waals surface area contributed by atoms with Crippen LogP contribution in [-0.2, 0) is 20.8 Å². The van der Waals surface area contributed by atoms with Gasteiger partial charge < -0.3 is 24.1 Å².